The van der Waals surface area contributed by atoms with Gasteiger partial charge in [-0.15, -0.1) is 0 Å². The van der Waals surface area contributed by atoms with Gasteiger partial charge in [0.05, 0.1) is 40.0 Å². The minimum Gasteiger partial charge on any atom is -0.496 e. The Balaban J connectivity index is 1.63. The highest BCUT2D eigenvalue weighted by atomic mass is 79.9. The Hall–Kier alpha value is -3.17. The van der Waals surface area contributed by atoms with Gasteiger partial charge in [-0.2, -0.15) is 0 Å². The molecule has 0 N–H and O–H groups in total. The second-order valence-electron chi connectivity index (χ2n) is 9.95. The Morgan fingerprint density at radius 3 is 2.52 bits per heavy atom. The third-order valence-corrected chi connectivity index (χ3v) is 8.90. The van der Waals surface area contributed by atoms with Crippen molar-refractivity contribution in [2.75, 3.05) is 31.7 Å². The average molecular weight is 625 g/mol. The van der Waals surface area contributed by atoms with Crippen LogP contribution < -0.4 is 24.5 Å². The molecule has 2 aliphatic rings. The maximum atomic E-state index is 14.0. The van der Waals surface area contributed by atoms with Crippen LogP contribution in [0.1, 0.15) is 63.1 Å². The van der Waals surface area contributed by atoms with Gasteiger partial charge in [-0.05, 0) is 90.0 Å². The van der Waals surface area contributed by atoms with Crippen molar-refractivity contribution in [3.8, 4) is 5.75 Å². The molecule has 2 aliphatic heterocycles. The quantitative estimate of drug-likeness (QED) is 0.317. The van der Waals surface area contributed by atoms with Gasteiger partial charge in [0, 0.05) is 18.8 Å². The Kier molecular flexibility index (Phi) is 8.90. The van der Waals surface area contributed by atoms with E-state index in [1.165, 1.54) is 36.3 Å². The summed E-state index contributed by atoms with van der Waals surface area (Å²) in [7, 11) is 1.60. The van der Waals surface area contributed by atoms with Crippen LogP contribution in [-0.4, -0.2) is 37.3 Å². The number of methoxy groups -OCH3 is 1. The van der Waals surface area contributed by atoms with Crippen molar-refractivity contribution in [1.29, 1.82) is 0 Å². The summed E-state index contributed by atoms with van der Waals surface area (Å²) in [6.45, 7) is 6.24. The summed E-state index contributed by atoms with van der Waals surface area (Å²) in [5.74, 6) is 0.217. The van der Waals surface area contributed by atoms with Gasteiger partial charge >= 0.3 is 5.97 Å². The first-order valence-corrected chi connectivity index (χ1v) is 15.5. The summed E-state index contributed by atoms with van der Waals surface area (Å²) >= 11 is 4.93. The lowest BCUT2D eigenvalue weighted by atomic mass is 9.94. The first-order chi connectivity index (χ1) is 19.4. The Labute approximate surface area is 246 Å². The van der Waals surface area contributed by atoms with Gasteiger partial charge in [-0.3, -0.25) is 9.36 Å². The minimum absolute atomic E-state index is 0.182. The third-order valence-electron chi connectivity index (χ3n) is 7.30. The normalized spacial score (nSPS) is 17.4. The van der Waals surface area contributed by atoms with E-state index in [0.717, 1.165) is 35.1 Å². The van der Waals surface area contributed by atoms with Crippen molar-refractivity contribution in [2.24, 2.45) is 4.99 Å². The third kappa shape index (κ3) is 5.67. The minimum atomic E-state index is -0.664. The second kappa shape index (κ2) is 12.6. The van der Waals surface area contributed by atoms with E-state index < -0.39 is 12.0 Å². The van der Waals surface area contributed by atoms with E-state index in [2.05, 4.69) is 45.1 Å². The van der Waals surface area contributed by atoms with Gasteiger partial charge in [0.2, 0.25) is 0 Å². The van der Waals surface area contributed by atoms with Gasteiger partial charge in [-0.1, -0.05) is 42.9 Å². The van der Waals surface area contributed by atoms with E-state index in [0.29, 0.717) is 32.8 Å². The molecule has 0 bridgehead atoms. The van der Waals surface area contributed by atoms with E-state index in [4.69, 9.17) is 14.5 Å². The van der Waals surface area contributed by atoms with Crippen LogP contribution in [0, 0.1) is 0 Å². The van der Waals surface area contributed by atoms with Gasteiger partial charge in [0.1, 0.15) is 5.75 Å². The number of rotatable bonds is 8. The maximum Gasteiger partial charge on any atom is 0.338 e. The monoisotopic (exact) mass is 623 g/mol. The predicted molar refractivity (Wildman–Crippen MR) is 163 cm³/mol. The van der Waals surface area contributed by atoms with E-state index in [1.54, 1.807) is 18.6 Å². The molecule has 1 aromatic heterocycles. The number of carbonyl (C=O) groups excluding carboxylic acids is 1. The molecular formula is C31H34BrN3O4S. The molecule has 9 heteroatoms. The number of anilines is 1. The van der Waals surface area contributed by atoms with Crippen LogP contribution in [0.4, 0.5) is 5.69 Å². The lowest BCUT2D eigenvalue weighted by molar-refractivity contribution is -0.139. The molecule has 1 fully saturated rings. The SMILES string of the molecule is CCCC1=C(C(=O)OCC)[C@@H](c2ccc(OC)c(Br)c2)n2c(s/c(=C/c3ccc(N4CCCCC4)cc3)c2=O)=N1. The van der Waals surface area contributed by atoms with Crippen molar-refractivity contribution in [2.45, 2.75) is 52.0 Å². The number of nitrogens with zero attached hydrogens (tertiary/aromatic N) is 3. The van der Waals surface area contributed by atoms with Crippen molar-refractivity contribution < 1.29 is 14.3 Å². The van der Waals surface area contributed by atoms with Crippen LogP contribution in [0.5, 0.6) is 5.75 Å². The number of hydrogen-bond acceptors (Lipinski definition) is 7. The number of fused-ring (bicyclic) bond motifs is 1. The first kappa shape index (κ1) is 28.4. The Morgan fingerprint density at radius 2 is 1.88 bits per heavy atom. The van der Waals surface area contributed by atoms with Crippen molar-refractivity contribution in [1.82, 2.24) is 4.57 Å². The number of thiazole rings is 1. The number of piperidine rings is 1. The molecule has 2 aromatic carbocycles. The summed E-state index contributed by atoms with van der Waals surface area (Å²) in [5.41, 5.74) is 3.83. The van der Waals surface area contributed by atoms with Crippen molar-refractivity contribution >= 4 is 45.0 Å². The number of allylic oxidation sites excluding steroid dienone is 1. The first-order valence-electron chi connectivity index (χ1n) is 13.9. The number of benzene rings is 2. The summed E-state index contributed by atoms with van der Waals surface area (Å²) in [6.07, 6.45) is 7.06. The predicted octanol–water partition coefficient (Wildman–Crippen LogP) is 5.34. The van der Waals surface area contributed by atoms with Crippen LogP contribution >= 0.6 is 27.3 Å². The van der Waals surface area contributed by atoms with Gasteiger partial charge < -0.3 is 14.4 Å². The van der Waals surface area contributed by atoms with Crippen LogP contribution in [-0.2, 0) is 9.53 Å². The number of ether oxygens (including phenoxy) is 2. The molecule has 0 aliphatic carbocycles. The largest absolute Gasteiger partial charge is 0.496 e. The standard InChI is InChI=1S/C31H34BrN3O4S/c1-4-9-24-27(30(37)39-5-2)28(21-12-15-25(38-3)23(32)19-21)35-29(36)26(40-31(35)33-24)18-20-10-13-22(14-11-20)34-16-7-6-8-17-34/h10-15,18-19,28H,4-9,16-17H2,1-3H3/b26-18+/t28-/m1/s1. The zero-order valence-corrected chi connectivity index (χ0v) is 25.5. The lowest BCUT2D eigenvalue weighted by Crippen LogP contribution is -2.40. The zero-order valence-electron chi connectivity index (χ0n) is 23.1. The summed E-state index contributed by atoms with van der Waals surface area (Å²) in [5, 5.41) is 0. The molecule has 0 unspecified atom stereocenters. The van der Waals surface area contributed by atoms with Crippen LogP contribution in [0.25, 0.3) is 6.08 Å². The lowest BCUT2D eigenvalue weighted by Gasteiger charge is -2.28. The van der Waals surface area contributed by atoms with Crippen molar-refractivity contribution in [3.05, 3.63) is 89.0 Å². The number of halogens is 1. The molecule has 7 nitrogen and oxygen atoms in total. The molecule has 5 rings (SSSR count). The molecule has 0 spiro atoms. The molecular weight excluding hydrogens is 590 g/mol. The molecule has 3 aromatic rings. The summed E-state index contributed by atoms with van der Waals surface area (Å²) in [4.78, 5) is 35.2. The smallest absolute Gasteiger partial charge is 0.338 e. The molecule has 3 heterocycles. The number of aromatic nitrogens is 1. The fourth-order valence-corrected chi connectivity index (χ4v) is 6.95. The second-order valence-corrected chi connectivity index (χ2v) is 11.8. The molecule has 1 saturated heterocycles. The van der Waals surface area contributed by atoms with E-state index in [1.807, 2.05) is 31.2 Å². The highest BCUT2D eigenvalue weighted by Crippen LogP contribution is 2.36. The van der Waals surface area contributed by atoms with Gasteiger partial charge in [0.25, 0.3) is 5.56 Å². The average Bonchev–Trinajstić information content (AvgIpc) is 3.27. The molecule has 40 heavy (non-hydrogen) atoms. The van der Waals surface area contributed by atoms with Crippen LogP contribution in [0.3, 0.4) is 0 Å². The van der Waals surface area contributed by atoms with Gasteiger partial charge in [-0.25, -0.2) is 9.79 Å². The fourth-order valence-electron chi connectivity index (χ4n) is 5.37. The summed E-state index contributed by atoms with van der Waals surface area (Å²) in [6, 6.07) is 13.3. The number of carbonyl (C=O) groups is 1. The van der Waals surface area contributed by atoms with E-state index in [9.17, 15) is 9.59 Å². The van der Waals surface area contributed by atoms with Crippen LogP contribution in [0.2, 0.25) is 0 Å². The zero-order chi connectivity index (χ0) is 28.2. The molecule has 1 atom stereocenters. The molecule has 0 radical (unpaired) electrons. The topological polar surface area (TPSA) is 73.1 Å². The summed E-state index contributed by atoms with van der Waals surface area (Å²) < 4.78 is 13.9. The highest BCUT2D eigenvalue weighted by molar-refractivity contribution is 9.10. The Morgan fingerprint density at radius 1 is 1.12 bits per heavy atom. The maximum absolute atomic E-state index is 14.0. The number of esters is 1. The van der Waals surface area contributed by atoms with Gasteiger partial charge in [0.15, 0.2) is 4.80 Å². The van der Waals surface area contributed by atoms with Crippen molar-refractivity contribution in [3.63, 3.8) is 0 Å². The number of hydrogen-bond donors (Lipinski definition) is 0. The Bertz CT molecular complexity index is 1600. The van der Waals surface area contributed by atoms with E-state index in [-0.39, 0.29) is 12.2 Å². The highest BCUT2D eigenvalue weighted by Gasteiger charge is 2.34. The van der Waals surface area contributed by atoms with Crippen LogP contribution in [0.15, 0.2) is 68.0 Å². The molecule has 0 amide bonds. The fraction of sp³-hybridized carbons (Fsp3) is 0.387. The molecule has 0 saturated carbocycles. The molecule has 210 valence electrons. The van der Waals surface area contributed by atoms with E-state index >= 15 is 0 Å².